The van der Waals surface area contributed by atoms with Crippen LogP contribution in [0.1, 0.15) is 58.8 Å². The first-order valence-corrected chi connectivity index (χ1v) is 9.36. The first-order valence-electron chi connectivity index (χ1n) is 9.36. The fraction of sp³-hybridized carbons (Fsp3) is 0.947. The molecule has 3 N–H and O–H groups in total. The Kier molecular flexibility index (Phi) is 3.51. The number of rotatable bonds is 0. The minimum absolute atomic E-state index is 0.000470. The van der Waals surface area contributed by atoms with Crippen LogP contribution in [0.2, 0.25) is 0 Å². The second-order valence-corrected chi connectivity index (χ2v) is 9.30. The molecule has 4 aliphatic rings. The quantitative estimate of drug-likeness (QED) is 0.636. The van der Waals surface area contributed by atoms with E-state index in [1.54, 1.807) is 0 Å². The van der Waals surface area contributed by atoms with Crippen molar-refractivity contribution in [2.75, 3.05) is 0 Å². The van der Waals surface area contributed by atoms with Gasteiger partial charge in [0, 0.05) is 5.41 Å². The van der Waals surface area contributed by atoms with Crippen molar-refractivity contribution in [3.8, 4) is 0 Å². The molecular weight excluding hydrogens is 292 g/mol. The van der Waals surface area contributed by atoms with E-state index in [1.165, 1.54) is 0 Å². The van der Waals surface area contributed by atoms with Crippen LogP contribution < -0.4 is 0 Å². The highest BCUT2D eigenvalue weighted by Gasteiger charge is 2.64. The summed E-state index contributed by atoms with van der Waals surface area (Å²) in [6.07, 6.45) is 4.30. The van der Waals surface area contributed by atoms with Crippen molar-refractivity contribution < 1.29 is 20.1 Å². The van der Waals surface area contributed by atoms with E-state index in [2.05, 4.69) is 6.92 Å². The van der Waals surface area contributed by atoms with E-state index in [-0.39, 0.29) is 29.1 Å². The van der Waals surface area contributed by atoms with Crippen LogP contribution in [0, 0.1) is 34.5 Å². The SMILES string of the molecule is C[C@]12CC[C@@H](O)CC1C[C@@H](O)[C@@H]1[C@@H]2CC[C@]2(C)C(=O)[C@H](O)C[C@@H]12. The zero-order valence-electron chi connectivity index (χ0n) is 14.2. The lowest BCUT2D eigenvalue weighted by Gasteiger charge is -2.61. The molecule has 0 amide bonds. The molecule has 4 fully saturated rings. The van der Waals surface area contributed by atoms with Crippen molar-refractivity contribution in [2.45, 2.75) is 77.1 Å². The smallest absolute Gasteiger partial charge is 0.167 e. The van der Waals surface area contributed by atoms with Crippen LogP contribution in [0.15, 0.2) is 0 Å². The van der Waals surface area contributed by atoms with E-state index >= 15 is 0 Å². The molecule has 0 saturated heterocycles. The van der Waals surface area contributed by atoms with Crippen molar-refractivity contribution >= 4 is 5.78 Å². The third-order valence-corrected chi connectivity index (χ3v) is 8.39. The van der Waals surface area contributed by atoms with Crippen molar-refractivity contribution in [1.82, 2.24) is 0 Å². The lowest BCUT2D eigenvalue weighted by molar-refractivity contribution is -0.171. The van der Waals surface area contributed by atoms with E-state index < -0.39 is 17.6 Å². The number of Topliss-reactive ketones (excluding diaryl/α,β-unsaturated/α-hetero) is 1. The molecule has 9 atom stereocenters. The molecule has 0 bridgehead atoms. The molecular formula is C19H30O4. The van der Waals surface area contributed by atoms with Gasteiger partial charge < -0.3 is 15.3 Å². The first kappa shape index (κ1) is 16.0. The normalized spacial score (nSPS) is 59.2. The molecule has 0 aromatic carbocycles. The van der Waals surface area contributed by atoms with Gasteiger partial charge in [-0.25, -0.2) is 0 Å². The fourth-order valence-corrected chi connectivity index (χ4v) is 6.99. The molecule has 4 aliphatic carbocycles. The van der Waals surface area contributed by atoms with Gasteiger partial charge in [-0.1, -0.05) is 13.8 Å². The predicted octanol–water partition coefficient (Wildman–Crippen LogP) is 1.90. The molecule has 1 unspecified atom stereocenters. The van der Waals surface area contributed by atoms with Gasteiger partial charge in [0.15, 0.2) is 5.78 Å². The number of carbonyl (C=O) groups excluding carboxylic acids is 1. The number of hydrogen-bond donors (Lipinski definition) is 3. The highest BCUT2D eigenvalue weighted by Crippen LogP contribution is 2.65. The number of carbonyl (C=O) groups is 1. The third-order valence-electron chi connectivity index (χ3n) is 8.39. The maximum atomic E-state index is 12.5. The first-order chi connectivity index (χ1) is 10.8. The zero-order valence-corrected chi connectivity index (χ0v) is 14.2. The van der Waals surface area contributed by atoms with Gasteiger partial charge in [0.1, 0.15) is 6.10 Å². The summed E-state index contributed by atoms with van der Waals surface area (Å²) in [5.41, 5.74) is -0.278. The Morgan fingerprint density at radius 2 is 1.70 bits per heavy atom. The van der Waals surface area contributed by atoms with Crippen molar-refractivity contribution in [1.29, 1.82) is 0 Å². The van der Waals surface area contributed by atoms with Crippen molar-refractivity contribution in [3.05, 3.63) is 0 Å². The standard InChI is InChI=1S/C19H30O4/c1-18-5-3-11(20)7-10(18)8-14(21)16-12(18)4-6-19(2)13(16)9-15(22)17(19)23/h10-16,20-22H,3-9H2,1-2H3/t10?,11-,12+,13+,14-,15-,16-,18+,19+/m1/s1. The van der Waals surface area contributed by atoms with Gasteiger partial charge >= 0.3 is 0 Å². The van der Waals surface area contributed by atoms with Gasteiger partial charge in [-0.05, 0) is 74.0 Å². The van der Waals surface area contributed by atoms with Crippen molar-refractivity contribution in [3.63, 3.8) is 0 Å². The lowest BCUT2D eigenvalue weighted by Crippen LogP contribution is -2.58. The molecule has 4 heteroatoms. The van der Waals surface area contributed by atoms with Gasteiger partial charge in [0.2, 0.25) is 0 Å². The van der Waals surface area contributed by atoms with E-state index in [0.29, 0.717) is 18.3 Å². The van der Waals surface area contributed by atoms with E-state index in [1.807, 2.05) is 6.92 Å². The lowest BCUT2D eigenvalue weighted by atomic mass is 9.44. The van der Waals surface area contributed by atoms with Crippen LogP contribution in [-0.4, -0.2) is 39.4 Å². The molecule has 4 nitrogen and oxygen atoms in total. The van der Waals surface area contributed by atoms with Gasteiger partial charge in [0.05, 0.1) is 12.2 Å². The summed E-state index contributed by atoms with van der Waals surface area (Å²) in [6.45, 7) is 4.36. The van der Waals surface area contributed by atoms with Gasteiger partial charge in [0.25, 0.3) is 0 Å². The molecule has 0 aromatic heterocycles. The maximum Gasteiger partial charge on any atom is 0.167 e. The summed E-state index contributed by atoms with van der Waals surface area (Å²) in [7, 11) is 0. The second-order valence-electron chi connectivity index (χ2n) is 9.30. The summed E-state index contributed by atoms with van der Waals surface area (Å²) >= 11 is 0. The Labute approximate surface area is 138 Å². The van der Waals surface area contributed by atoms with E-state index in [9.17, 15) is 20.1 Å². The fourth-order valence-electron chi connectivity index (χ4n) is 6.99. The molecule has 4 rings (SSSR count). The van der Waals surface area contributed by atoms with Crippen LogP contribution >= 0.6 is 0 Å². The van der Waals surface area contributed by atoms with Crippen LogP contribution in [0.4, 0.5) is 0 Å². The summed E-state index contributed by atoms with van der Waals surface area (Å²) < 4.78 is 0. The average Bonchev–Trinajstić information content (AvgIpc) is 2.73. The molecule has 0 aromatic rings. The number of aliphatic hydroxyl groups excluding tert-OH is 3. The number of aliphatic hydroxyl groups is 3. The second kappa shape index (κ2) is 5.03. The third kappa shape index (κ3) is 2.04. The zero-order chi connectivity index (χ0) is 16.6. The highest BCUT2D eigenvalue weighted by molar-refractivity contribution is 5.91. The minimum atomic E-state index is -0.838. The molecule has 0 aliphatic heterocycles. The summed E-state index contributed by atoms with van der Waals surface area (Å²) in [5, 5.41) is 31.1. The summed E-state index contributed by atoms with van der Waals surface area (Å²) in [4.78, 5) is 12.5. The Morgan fingerprint density at radius 1 is 0.957 bits per heavy atom. The van der Waals surface area contributed by atoms with Crippen LogP contribution in [0.5, 0.6) is 0 Å². The highest BCUT2D eigenvalue weighted by atomic mass is 16.3. The van der Waals surface area contributed by atoms with Gasteiger partial charge in [-0.2, -0.15) is 0 Å². The molecule has 4 saturated carbocycles. The molecule has 0 radical (unpaired) electrons. The largest absolute Gasteiger partial charge is 0.393 e. The van der Waals surface area contributed by atoms with Crippen LogP contribution in [-0.2, 0) is 4.79 Å². The summed E-state index contributed by atoms with van der Waals surface area (Å²) in [5.74, 6) is 1.04. The molecule has 130 valence electrons. The van der Waals surface area contributed by atoms with Gasteiger partial charge in [-0.15, -0.1) is 0 Å². The number of ketones is 1. The topological polar surface area (TPSA) is 77.8 Å². The summed E-state index contributed by atoms with van der Waals surface area (Å²) in [6, 6.07) is 0. The molecule has 23 heavy (non-hydrogen) atoms. The average molecular weight is 322 g/mol. The Bertz CT molecular complexity index is 519. The molecule has 0 heterocycles. The maximum absolute atomic E-state index is 12.5. The monoisotopic (exact) mass is 322 g/mol. The number of hydrogen-bond acceptors (Lipinski definition) is 4. The minimum Gasteiger partial charge on any atom is -0.393 e. The van der Waals surface area contributed by atoms with Crippen molar-refractivity contribution in [2.24, 2.45) is 34.5 Å². The van der Waals surface area contributed by atoms with Crippen LogP contribution in [0.3, 0.4) is 0 Å². The molecule has 0 spiro atoms. The predicted molar refractivity (Wildman–Crippen MR) is 85.5 cm³/mol. The number of fused-ring (bicyclic) bond motifs is 5. The Hall–Kier alpha value is -0.450. The van der Waals surface area contributed by atoms with Crippen LogP contribution in [0.25, 0.3) is 0 Å². The van der Waals surface area contributed by atoms with Gasteiger partial charge in [-0.3, -0.25) is 4.79 Å². The Balaban J connectivity index is 1.69. The van der Waals surface area contributed by atoms with E-state index in [4.69, 9.17) is 0 Å². The Morgan fingerprint density at radius 3 is 2.43 bits per heavy atom. The van der Waals surface area contributed by atoms with E-state index in [0.717, 1.165) is 38.5 Å².